The zero-order valence-corrected chi connectivity index (χ0v) is 10.9. The third-order valence-electron chi connectivity index (χ3n) is 3.45. The lowest BCUT2D eigenvalue weighted by atomic mass is 10.0. The summed E-state index contributed by atoms with van der Waals surface area (Å²) in [5, 5.41) is 9.30. The van der Waals surface area contributed by atoms with Gasteiger partial charge < -0.3 is 16.0 Å². The largest absolute Gasteiger partial charge is 0.336 e. The van der Waals surface area contributed by atoms with Gasteiger partial charge >= 0.3 is 6.03 Å². The van der Waals surface area contributed by atoms with Crippen LogP contribution in [0.1, 0.15) is 40.5 Å². The highest BCUT2D eigenvalue weighted by molar-refractivity contribution is 5.74. The molecule has 0 spiro atoms. The van der Waals surface area contributed by atoms with Crippen molar-refractivity contribution in [3.63, 3.8) is 0 Å². The summed E-state index contributed by atoms with van der Waals surface area (Å²) in [6.07, 6.45) is 2.33. The molecular weight excluding hydrogens is 202 g/mol. The minimum absolute atomic E-state index is 0.0591. The van der Waals surface area contributed by atoms with E-state index in [-0.39, 0.29) is 17.6 Å². The molecule has 0 aromatic heterocycles. The van der Waals surface area contributed by atoms with Gasteiger partial charge in [-0.05, 0) is 39.2 Å². The fourth-order valence-electron chi connectivity index (χ4n) is 1.81. The molecule has 4 heteroatoms. The molecule has 1 saturated heterocycles. The summed E-state index contributed by atoms with van der Waals surface area (Å²) < 4.78 is 0. The SMILES string of the molecule is CC(C)C(C)NC(=O)NCC1(C)CCCN1. The van der Waals surface area contributed by atoms with Gasteiger partial charge in [-0.2, -0.15) is 0 Å². The topological polar surface area (TPSA) is 53.2 Å². The van der Waals surface area contributed by atoms with Gasteiger partial charge in [0.05, 0.1) is 0 Å². The Labute approximate surface area is 98.6 Å². The van der Waals surface area contributed by atoms with Crippen molar-refractivity contribution in [3.05, 3.63) is 0 Å². The van der Waals surface area contributed by atoms with Crippen molar-refractivity contribution in [2.45, 2.75) is 52.1 Å². The molecule has 3 N–H and O–H groups in total. The van der Waals surface area contributed by atoms with Crippen molar-refractivity contribution < 1.29 is 4.79 Å². The van der Waals surface area contributed by atoms with E-state index in [9.17, 15) is 4.79 Å². The summed E-state index contributed by atoms with van der Waals surface area (Å²) in [7, 11) is 0. The summed E-state index contributed by atoms with van der Waals surface area (Å²) >= 11 is 0. The van der Waals surface area contributed by atoms with Gasteiger partial charge in [-0.1, -0.05) is 13.8 Å². The highest BCUT2D eigenvalue weighted by atomic mass is 16.2. The van der Waals surface area contributed by atoms with Crippen LogP contribution in [0.4, 0.5) is 4.79 Å². The standard InChI is InChI=1S/C12H25N3O/c1-9(2)10(3)15-11(16)13-8-12(4)6-5-7-14-12/h9-10,14H,5-8H2,1-4H3,(H2,13,15,16). The molecule has 1 aliphatic rings. The van der Waals surface area contributed by atoms with Crippen LogP contribution in [0.15, 0.2) is 0 Å². The van der Waals surface area contributed by atoms with Crippen LogP contribution >= 0.6 is 0 Å². The molecule has 0 radical (unpaired) electrons. The summed E-state index contributed by atoms with van der Waals surface area (Å²) in [5.74, 6) is 0.464. The van der Waals surface area contributed by atoms with Gasteiger partial charge in [0.1, 0.15) is 0 Å². The molecule has 1 aliphatic heterocycles. The van der Waals surface area contributed by atoms with E-state index in [1.807, 2.05) is 6.92 Å². The molecule has 0 aromatic rings. The Morgan fingerprint density at radius 2 is 2.12 bits per heavy atom. The first-order chi connectivity index (χ1) is 7.43. The quantitative estimate of drug-likeness (QED) is 0.681. The van der Waals surface area contributed by atoms with Crippen molar-refractivity contribution in [2.75, 3.05) is 13.1 Å². The molecule has 0 bridgehead atoms. The van der Waals surface area contributed by atoms with Crippen molar-refractivity contribution in [1.29, 1.82) is 0 Å². The molecule has 94 valence electrons. The van der Waals surface area contributed by atoms with Crippen molar-refractivity contribution in [2.24, 2.45) is 5.92 Å². The van der Waals surface area contributed by atoms with Crippen LogP contribution in [0.5, 0.6) is 0 Å². The van der Waals surface area contributed by atoms with Crippen LogP contribution in [0.25, 0.3) is 0 Å². The Morgan fingerprint density at radius 3 is 2.62 bits per heavy atom. The summed E-state index contributed by atoms with van der Waals surface area (Å²) in [4.78, 5) is 11.6. The van der Waals surface area contributed by atoms with Crippen LogP contribution in [0, 0.1) is 5.92 Å². The Balaban J connectivity index is 2.24. The van der Waals surface area contributed by atoms with E-state index in [2.05, 4.69) is 36.7 Å². The molecule has 1 rings (SSSR count). The van der Waals surface area contributed by atoms with E-state index >= 15 is 0 Å². The van der Waals surface area contributed by atoms with Crippen LogP contribution in [-0.2, 0) is 0 Å². The van der Waals surface area contributed by atoms with Gasteiger partial charge in [0, 0.05) is 18.1 Å². The predicted molar refractivity (Wildman–Crippen MR) is 66.5 cm³/mol. The molecule has 4 nitrogen and oxygen atoms in total. The lowest BCUT2D eigenvalue weighted by Crippen LogP contribution is -2.51. The highest BCUT2D eigenvalue weighted by Crippen LogP contribution is 2.16. The second-order valence-corrected chi connectivity index (χ2v) is 5.45. The van der Waals surface area contributed by atoms with Crippen molar-refractivity contribution in [3.8, 4) is 0 Å². The fraction of sp³-hybridized carbons (Fsp3) is 0.917. The summed E-state index contributed by atoms with van der Waals surface area (Å²) in [6.45, 7) is 10.1. The second kappa shape index (κ2) is 5.53. The Hall–Kier alpha value is -0.770. The number of hydrogen-bond acceptors (Lipinski definition) is 2. The number of carbonyl (C=O) groups is 1. The number of carbonyl (C=O) groups excluding carboxylic acids is 1. The molecule has 0 saturated carbocycles. The Morgan fingerprint density at radius 1 is 1.44 bits per heavy atom. The third kappa shape index (κ3) is 4.00. The fourth-order valence-corrected chi connectivity index (χ4v) is 1.81. The Kier molecular flexibility index (Phi) is 4.59. The number of nitrogens with one attached hydrogen (secondary N) is 3. The van der Waals surface area contributed by atoms with Crippen LogP contribution < -0.4 is 16.0 Å². The van der Waals surface area contributed by atoms with E-state index < -0.39 is 0 Å². The van der Waals surface area contributed by atoms with E-state index in [1.165, 1.54) is 6.42 Å². The first-order valence-electron chi connectivity index (χ1n) is 6.22. The first-order valence-corrected chi connectivity index (χ1v) is 6.22. The smallest absolute Gasteiger partial charge is 0.315 e. The van der Waals surface area contributed by atoms with Gasteiger partial charge in [0.25, 0.3) is 0 Å². The zero-order valence-electron chi connectivity index (χ0n) is 10.9. The van der Waals surface area contributed by atoms with Gasteiger partial charge in [0.2, 0.25) is 0 Å². The minimum Gasteiger partial charge on any atom is -0.336 e. The van der Waals surface area contributed by atoms with E-state index in [4.69, 9.17) is 0 Å². The lowest BCUT2D eigenvalue weighted by Gasteiger charge is -2.25. The molecule has 0 aromatic carbocycles. The minimum atomic E-state index is -0.0591. The van der Waals surface area contributed by atoms with Crippen LogP contribution in [0.2, 0.25) is 0 Å². The molecule has 2 unspecified atom stereocenters. The molecule has 1 heterocycles. The molecular formula is C12H25N3O. The summed E-state index contributed by atoms with van der Waals surface area (Å²) in [6, 6.07) is 0.153. The van der Waals surface area contributed by atoms with Gasteiger partial charge in [0.15, 0.2) is 0 Å². The Bertz CT molecular complexity index is 234. The average molecular weight is 227 g/mol. The number of amides is 2. The third-order valence-corrected chi connectivity index (χ3v) is 3.45. The van der Waals surface area contributed by atoms with E-state index in [0.29, 0.717) is 12.5 Å². The van der Waals surface area contributed by atoms with Crippen LogP contribution in [0.3, 0.4) is 0 Å². The maximum absolute atomic E-state index is 11.6. The molecule has 1 fully saturated rings. The maximum atomic E-state index is 11.6. The van der Waals surface area contributed by atoms with Crippen molar-refractivity contribution >= 4 is 6.03 Å². The predicted octanol–water partition coefficient (Wildman–Crippen LogP) is 1.47. The number of hydrogen-bond donors (Lipinski definition) is 3. The maximum Gasteiger partial charge on any atom is 0.315 e. The second-order valence-electron chi connectivity index (χ2n) is 5.45. The normalized spacial score (nSPS) is 26.8. The monoisotopic (exact) mass is 227 g/mol. The van der Waals surface area contributed by atoms with E-state index in [1.54, 1.807) is 0 Å². The molecule has 16 heavy (non-hydrogen) atoms. The van der Waals surface area contributed by atoms with Gasteiger partial charge in [-0.3, -0.25) is 0 Å². The van der Waals surface area contributed by atoms with E-state index in [0.717, 1.165) is 13.0 Å². The highest BCUT2D eigenvalue weighted by Gasteiger charge is 2.28. The molecule has 2 atom stereocenters. The average Bonchev–Trinajstić information content (AvgIpc) is 2.63. The van der Waals surface area contributed by atoms with Gasteiger partial charge in [-0.15, -0.1) is 0 Å². The number of rotatable bonds is 4. The van der Waals surface area contributed by atoms with Crippen LogP contribution in [-0.4, -0.2) is 30.7 Å². The van der Waals surface area contributed by atoms with Crippen molar-refractivity contribution in [1.82, 2.24) is 16.0 Å². The number of urea groups is 1. The summed E-state index contributed by atoms with van der Waals surface area (Å²) in [5.41, 5.74) is 0.0818. The lowest BCUT2D eigenvalue weighted by molar-refractivity contribution is 0.230. The molecule has 2 amide bonds. The zero-order chi connectivity index (χ0) is 12.2. The first kappa shape index (κ1) is 13.3. The van der Waals surface area contributed by atoms with Gasteiger partial charge in [-0.25, -0.2) is 4.79 Å². The molecule has 0 aliphatic carbocycles.